The molecule has 110 valence electrons. The molecule has 0 aliphatic carbocycles. The van der Waals surface area contributed by atoms with E-state index in [0.29, 0.717) is 5.82 Å². The van der Waals surface area contributed by atoms with Crippen molar-refractivity contribution in [3.05, 3.63) is 60.4 Å². The van der Waals surface area contributed by atoms with Crippen LogP contribution < -0.4 is 5.32 Å². The topological polar surface area (TPSA) is 72.7 Å². The van der Waals surface area contributed by atoms with Crippen LogP contribution in [0.3, 0.4) is 0 Å². The number of amides is 1. The normalized spacial score (nSPS) is 10.4. The standard InChI is InChI=1S/C15H12FN5O/c16-12-8-4-5-9-13(12)17-14(22)10-21-15(18-19-20-21)11-6-2-1-3-7-11/h1-9H,10H2,(H,17,22). The third-order valence-electron chi connectivity index (χ3n) is 3.01. The predicted molar refractivity (Wildman–Crippen MR) is 78.3 cm³/mol. The molecule has 0 spiro atoms. The van der Waals surface area contributed by atoms with Crippen molar-refractivity contribution >= 4 is 11.6 Å². The molecule has 0 fully saturated rings. The van der Waals surface area contributed by atoms with Crippen LogP contribution in [0.2, 0.25) is 0 Å². The minimum Gasteiger partial charge on any atom is -0.322 e. The van der Waals surface area contributed by atoms with Crippen LogP contribution in [-0.2, 0) is 11.3 Å². The van der Waals surface area contributed by atoms with Crippen molar-refractivity contribution in [3.8, 4) is 11.4 Å². The maximum Gasteiger partial charge on any atom is 0.246 e. The lowest BCUT2D eigenvalue weighted by atomic mass is 10.2. The van der Waals surface area contributed by atoms with Gasteiger partial charge in [0.25, 0.3) is 0 Å². The molecule has 3 rings (SSSR count). The number of hydrogen-bond donors (Lipinski definition) is 1. The fourth-order valence-electron chi connectivity index (χ4n) is 1.99. The van der Waals surface area contributed by atoms with E-state index in [9.17, 15) is 9.18 Å². The summed E-state index contributed by atoms with van der Waals surface area (Å²) in [6.45, 7) is -0.106. The Morgan fingerprint density at radius 3 is 2.59 bits per heavy atom. The van der Waals surface area contributed by atoms with E-state index in [1.54, 1.807) is 12.1 Å². The second kappa shape index (κ2) is 6.13. The molecule has 6 nitrogen and oxygen atoms in total. The Balaban J connectivity index is 1.76. The molecule has 0 saturated heterocycles. The van der Waals surface area contributed by atoms with Crippen LogP contribution in [0.1, 0.15) is 0 Å². The highest BCUT2D eigenvalue weighted by molar-refractivity contribution is 5.90. The zero-order valence-electron chi connectivity index (χ0n) is 11.5. The second-order valence-electron chi connectivity index (χ2n) is 4.55. The molecule has 0 atom stereocenters. The van der Waals surface area contributed by atoms with Crippen LogP contribution in [0.4, 0.5) is 10.1 Å². The van der Waals surface area contributed by atoms with Crippen molar-refractivity contribution in [1.82, 2.24) is 20.2 Å². The number of nitrogens with one attached hydrogen (secondary N) is 1. The average Bonchev–Trinajstić information content (AvgIpc) is 2.98. The van der Waals surface area contributed by atoms with Gasteiger partial charge in [-0.15, -0.1) is 5.10 Å². The Hall–Kier alpha value is -3.09. The molecule has 1 N–H and O–H groups in total. The maximum absolute atomic E-state index is 13.5. The fourth-order valence-corrected chi connectivity index (χ4v) is 1.99. The number of nitrogens with zero attached hydrogens (tertiary/aromatic N) is 4. The van der Waals surface area contributed by atoms with Gasteiger partial charge in [0.05, 0.1) is 5.69 Å². The van der Waals surface area contributed by atoms with Gasteiger partial charge in [0.1, 0.15) is 12.4 Å². The van der Waals surface area contributed by atoms with E-state index < -0.39 is 11.7 Å². The molecule has 3 aromatic rings. The molecular weight excluding hydrogens is 285 g/mol. The van der Waals surface area contributed by atoms with Gasteiger partial charge >= 0.3 is 0 Å². The highest BCUT2D eigenvalue weighted by atomic mass is 19.1. The number of anilines is 1. The molecule has 0 aliphatic rings. The number of carbonyl (C=O) groups excluding carboxylic acids is 1. The first kappa shape index (κ1) is 13.9. The second-order valence-corrected chi connectivity index (χ2v) is 4.55. The quantitative estimate of drug-likeness (QED) is 0.800. The van der Waals surface area contributed by atoms with E-state index in [2.05, 4.69) is 20.8 Å². The molecule has 1 heterocycles. The van der Waals surface area contributed by atoms with Crippen molar-refractivity contribution in [3.63, 3.8) is 0 Å². The highest BCUT2D eigenvalue weighted by Gasteiger charge is 2.13. The van der Waals surface area contributed by atoms with E-state index in [1.807, 2.05) is 30.3 Å². The largest absolute Gasteiger partial charge is 0.322 e. The van der Waals surface area contributed by atoms with Crippen molar-refractivity contribution in [2.45, 2.75) is 6.54 Å². The Labute approximate surface area is 125 Å². The van der Waals surface area contributed by atoms with Gasteiger partial charge in [0.15, 0.2) is 5.82 Å². The average molecular weight is 297 g/mol. The summed E-state index contributed by atoms with van der Waals surface area (Å²) in [5, 5.41) is 13.8. The van der Waals surface area contributed by atoms with Gasteiger partial charge in [-0.05, 0) is 22.6 Å². The molecule has 7 heteroatoms. The lowest BCUT2D eigenvalue weighted by molar-refractivity contribution is -0.116. The van der Waals surface area contributed by atoms with Crippen LogP contribution >= 0.6 is 0 Å². The molecule has 0 saturated carbocycles. The number of benzene rings is 2. The number of hydrogen-bond acceptors (Lipinski definition) is 4. The van der Waals surface area contributed by atoms with E-state index in [-0.39, 0.29) is 12.2 Å². The van der Waals surface area contributed by atoms with Gasteiger partial charge in [-0.1, -0.05) is 42.5 Å². The number of tetrazole rings is 1. The number of carbonyl (C=O) groups is 1. The van der Waals surface area contributed by atoms with Crippen LogP contribution in [0.15, 0.2) is 54.6 Å². The first-order valence-corrected chi connectivity index (χ1v) is 6.60. The Morgan fingerprint density at radius 2 is 1.82 bits per heavy atom. The summed E-state index contributed by atoms with van der Waals surface area (Å²) in [6.07, 6.45) is 0. The van der Waals surface area contributed by atoms with Gasteiger partial charge in [-0.25, -0.2) is 9.07 Å². The zero-order chi connectivity index (χ0) is 15.4. The minimum atomic E-state index is -0.490. The summed E-state index contributed by atoms with van der Waals surface area (Å²) in [7, 11) is 0. The molecule has 22 heavy (non-hydrogen) atoms. The SMILES string of the molecule is O=C(Cn1nnnc1-c1ccccc1)Nc1ccccc1F. The molecular formula is C15H12FN5O. The van der Waals surface area contributed by atoms with E-state index >= 15 is 0 Å². The number of rotatable bonds is 4. The van der Waals surface area contributed by atoms with E-state index in [1.165, 1.54) is 16.8 Å². The van der Waals surface area contributed by atoms with Gasteiger partial charge in [-0.2, -0.15) is 0 Å². The van der Waals surface area contributed by atoms with E-state index in [4.69, 9.17) is 0 Å². The molecule has 1 aromatic heterocycles. The number of halogens is 1. The van der Waals surface area contributed by atoms with Crippen LogP contribution in [0.25, 0.3) is 11.4 Å². The number of aromatic nitrogens is 4. The molecule has 0 bridgehead atoms. The summed E-state index contributed by atoms with van der Waals surface area (Å²) in [5.41, 5.74) is 0.924. The molecule has 0 aliphatic heterocycles. The smallest absolute Gasteiger partial charge is 0.246 e. The van der Waals surface area contributed by atoms with Gasteiger partial charge in [0, 0.05) is 5.56 Å². The molecule has 2 aromatic carbocycles. The van der Waals surface area contributed by atoms with Crippen LogP contribution in [0, 0.1) is 5.82 Å². The predicted octanol–water partition coefficient (Wildman–Crippen LogP) is 2.12. The van der Waals surface area contributed by atoms with Crippen LogP contribution in [0.5, 0.6) is 0 Å². The van der Waals surface area contributed by atoms with Crippen molar-refractivity contribution < 1.29 is 9.18 Å². The first-order valence-electron chi connectivity index (χ1n) is 6.60. The van der Waals surface area contributed by atoms with Crippen molar-refractivity contribution in [2.75, 3.05) is 5.32 Å². The maximum atomic E-state index is 13.5. The Bertz CT molecular complexity index is 787. The van der Waals surface area contributed by atoms with Crippen molar-refractivity contribution in [2.24, 2.45) is 0 Å². The van der Waals surface area contributed by atoms with Gasteiger partial charge < -0.3 is 5.32 Å². The summed E-state index contributed by atoms with van der Waals surface area (Å²) < 4.78 is 14.9. The summed E-state index contributed by atoms with van der Waals surface area (Å²) in [6, 6.07) is 15.2. The third kappa shape index (κ3) is 2.98. The van der Waals surface area contributed by atoms with E-state index in [0.717, 1.165) is 5.56 Å². The van der Waals surface area contributed by atoms with Gasteiger partial charge in [0.2, 0.25) is 5.91 Å². The van der Waals surface area contributed by atoms with Gasteiger partial charge in [-0.3, -0.25) is 4.79 Å². The molecule has 1 amide bonds. The lowest BCUT2D eigenvalue weighted by Crippen LogP contribution is -2.20. The molecule has 0 unspecified atom stereocenters. The summed E-state index contributed by atoms with van der Waals surface area (Å²) in [4.78, 5) is 12.0. The first-order chi connectivity index (χ1) is 10.7. The Kier molecular flexibility index (Phi) is 3.86. The highest BCUT2D eigenvalue weighted by Crippen LogP contribution is 2.15. The summed E-state index contributed by atoms with van der Waals surface area (Å²) in [5.74, 6) is -0.422. The zero-order valence-corrected chi connectivity index (χ0v) is 11.5. The van der Waals surface area contributed by atoms with Crippen LogP contribution in [-0.4, -0.2) is 26.1 Å². The van der Waals surface area contributed by atoms with Crippen molar-refractivity contribution in [1.29, 1.82) is 0 Å². The molecule has 0 radical (unpaired) electrons. The number of para-hydroxylation sites is 1. The fraction of sp³-hybridized carbons (Fsp3) is 0.0667. The minimum absolute atomic E-state index is 0.106. The lowest BCUT2D eigenvalue weighted by Gasteiger charge is -2.07. The monoisotopic (exact) mass is 297 g/mol. The summed E-state index contributed by atoms with van der Waals surface area (Å²) >= 11 is 0. The third-order valence-corrected chi connectivity index (χ3v) is 3.01. The Morgan fingerprint density at radius 1 is 1.09 bits per heavy atom.